The number of likely N-dealkylation sites (tertiary alicyclic amines) is 1. The van der Waals surface area contributed by atoms with Crippen LogP contribution in [0.25, 0.3) is 0 Å². The van der Waals surface area contributed by atoms with Gasteiger partial charge in [0.2, 0.25) is 5.91 Å². The number of rotatable bonds is 7. The molecule has 4 nitrogen and oxygen atoms in total. The van der Waals surface area contributed by atoms with Crippen LogP contribution in [-0.4, -0.2) is 61.2 Å². The Morgan fingerprint density at radius 3 is 2.76 bits per heavy atom. The van der Waals surface area contributed by atoms with E-state index in [1.807, 2.05) is 0 Å². The zero-order valence-corrected chi connectivity index (χ0v) is 14.1. The third-order valence-corrected chi connectivity index (χ3v) is 5.51. The maximum Gasteiger partial charge on any atom is 0.232 e. The number of thioether (sulfide) groups is 1. The van der Waals surface area contributed by atoms with Crippen molar-refractivity contribution < 1.29 is 9.53 Å². The van der Waals surface area contributed by atoms with E-state index in [2.05, 4.69) is 17.1 Å². The van der Waals surface area contributed by atoms with Crippen molar-refractivity contribution in [2.24, 2.45) is 5.92 Å². The van der Waals surface area contributed by atoms with Crippen molar-refractivity contribution in [1.29, 1.82) is 0 Å². The fourth-order valence-electron chi connectivity index (χ4n) is 3.04. The fraction of sp³-hybridized carbons (Fsp3) is 0.938. The van der Waals surface area contributed by atoms with E-state index in [0.29, 0.717) is 17.8 Å². The molecule has 5 heteroatoms. The maximum absolute atomic E-state index is 12.2. The van der Waals surface area contributed by atoms with Crippen LogP contribution in [0.3, 0.4) is 0 Å². The minimum absolute atomic E-state index is 0.317. The van der Waals surface area contributed by atoms with Gasteiger partial charge < -0.3 is 15.0 Å². The van der Waals surface area contributed by atoms with E-state index in [9.17, 15) is 4.79 Å². The molecule has 1 atom stereocenters. The first kappa shape index (κ1) is 17.1. The quantitative estimate of drug-likeness (QED) is 0.782. The molecule has 2 aliphatic rings. The number of hydrogen-bond donors (Lipinski definition) is 1. The number of carbonyl (C=O) groups excluding carboxylic acids is 1. The van der Waals surface area contributed by atoms with E-state index in [4.69, 9.17) is 4.74 Å². The van der Waals surface area contributed by atoms with Crippen LogP contribution in [0, 0.1) is 5.92 Å². The molecule has 0 aromatic rings. The van der Waals surface area contributed by atoms with Crippen LogP contribution in [0.15, 0.2) is 0 Å². The van der Waals surface area contributed by atoms with Crippen molar-refractivity contribution in [3.05, 3.63) is 0 Å². The van der Waals surface area contributed by atoms with Crippen LogP contribution in [-0.2, 0) is 9.53 Å². The number of nitrogens with zero attached hydrogens (tertiary/aromatic N) is 1. The molecule has 1 unspecified atom stereocenters. The van der Waals surface area contributed by atoms with Crippen molar-refractivity contribution in [3.63, 3.8) is 0 Å². The van der Waals surface area contributed by atoms with Gasteiger partial charge >= 0.3 is 0 Å². The lowest BCUT2D eigenvalue weighted by atomic mass is 9.97. The molecule has 2 rings (SSSR count). The number of piperidine rings is 1. The van der Waals surface area contributed by atoms with Crippen LogP contribution >= 0.6 is 11.8 Å². The summed E-state index contributed by atoms with van der Waals surface area (Å²) in [4.78, 5) is 14.3. The highest BCUT2D eigenvalue weighted by molar-refractivity contribution is 7.99. The monoisotopic (exact) mass is 314 g/mol. The number of carbonyl (C=O) groups is 1. The molecule has 0 saturated carbocycles. The van der Waals surface area contributed by atoms with E-state index in [-0.39, 0.29) is 0 Å². The fourth-order valence-corrected chi connectivity index (χ4v) is 4.04. The van der Waals surface area contributed by atoms with Gasteiger partial charge in [0.25, 0.3) is 0 Å². The number of hydrogen-bond acceptors (Lipinski definition) is 4. The van der Waals surface area contributed by atoms with Crippen molar-refractivity contribution in [1.82, 2.24) is 10.2 Å². The van der Waals surface area contributed by atoms with Crippen LogP contribution < -0.4 is 5.32 Å². The summed E-state index contributed by atoms with van der Waals surface area (Å²) in [6.45, 7) is 7.07. The molecular formula is C16H30N2O2S. The Morgan fingerprint density at radius 2 is 2.10 bits per heavy atom. The van der Waals surface area contributed by atoms with Crippen LogP contribution in [0.5, 0.6) is 0 Å². The van der Waals surface area contributed by atoms with Crippen LogP contribution in [0.4, 0.5) is 0 Å². The molecule has 0 aromatic carbocycles. The second kappa shape index (κ2) is 9.70. The molecule has 0 spiro atoms. The second-order valence-electron chi connectivity index (χ2n) is 6.14. The Labute approximate surface area is 133 Å². The van der Waals surface area contributed by atoms with Crippen LogP contribution in [0.1, 0.15) is 39.0 Å². The SMILES string of the molecule is CCNCC1CCN(C(=O)CSCC2CCCCO2)CC1. The Kier molecular flexibility index (Phi) is 7.89. The lowest BCUT2D eigenvalue weighted by molar-refractivity contribution is -0.129. The summed E-state index contributed by atoms with van der Waals surface area (Å²) < 4.78 is 5.70. The molecular weight excluding hydrogens is 284 g/mol. The lowest BCUT2D eigenvalue weighted by Crippen LogP contribution is -2.41. The minimum Gasteiger partial charge on any atom is -0.377 e. The largest absolute Gasteiger partial charge is 0.377 e. The molecule has 0 aromatic heterocycles. The Hall–Kier alpha value is -0.260. The summed E-state index contributed by atoms with van der Waals surface area (Å²) >= 11 is 1.75. The van der Waals surface area contributed by atoms with E-state index in [0.717, 1.165) is 63.7 Å². The van der Waals surface area contributed by atoms with E-state index in [1.165, 1.54) is 12.8 Å². The molecule has 2 aliphatic heterocycles. The van der Waals surface area contributed by atoms with Crippen molar-refractivity contribution in [2.75, 3.05) is 44.3 Å². The molecule has 21 heavy (non-hydrogen) atoms. The van der Waals surface area contributed by atoms with Crippen molar-refractivity contribution in [2.45, 2.75) is 45.1 Å². The molecule has 2 heterocycles. The zero-order valence-electron chi connectivity index (χ0n) is 13.3. The van der Waals surface area contributed by atoms with Gasteiger partial charge in [0.15, 0.2) is 0 Å². The lowest BCUT2D eigenvalue weighted by Gasteiger charge is -2.32. The van der Waals surface area contributed by atoms with Gasteiger partial charge in [0.1, 0.15) is 0 Å². The molecule has 122 valence electrons. The molecule has 2 fully saturated rings. The van der Waals surface area contributed by atoms with Crippen molar-refractivity contribution >= 4 is 17.7 Å². The summed E-state index contributed by atoms with van der Waals surface area (Å²) in [6, 6.07) is 0. The second-order valence-corrected chi connectivity index (χ2v) is 7.17. The van der Waals surface area contributed by atoms with E-state index >= 15 is 0 Å². The van der Waals surface area contributed by atoms with Gasteiger partial charge in [-0.05, 0) is 51.1 Å². The number of amides is 1. The molecule has 0 aliphatic carbocycles. The Balaban J connectivity index is 1.56. The number of ether oxygens (including phenoxy) is 1. The topological polar surface area (TPSA) is 41.6 Å². The molecule has 1 amide bonds. The van der Waals surface area contributed by atoms with Gasteiger partial charge in [-0.25, -0.2) is 0 Å². The first-order valence-corrected chi connectivity index (χ1v) is 9.63. The minimum atomic E-state index is 0.317. The predicted molar refractivity (Wildman–Crippen MR) is 88.8 cm³/mol. The highest BCUT2D eigenvalue weighted by Gasteiger charge is 2.22. The molecule has 0 bridgehead atoms. The predicted octanol–water partition coefficient (Wildman–Crippen LogP) is 2.14. The summed E-state index contributed by atoms with van der Waals surface area (Å²) in [7, 11) is 0. The molecule has 0 radical (unpaired) electrons. The molecule has 2 saturated heterocycles. The van der Waals surface area contributed by atoms with Gasteiger partial charge in [-0.1, -0.05) is 6.92 Å². The normalized spacial score (nSPS) is 24.2. The average Bonchev–Trinajstić information content (AvgIpc) is 2.54. The Bertz CT molecular complexity index is 301. The van der Waals surface area contributed by atoms with E-state index in [1.54, 1.807) is 11.8 Å². The average molecular weight is 314 g/mol. The summed E-state index contributed by atoms with van der Waals surface area (Å²) in [5, 5.41) is 3.41. The third kappa shape index (κ3) is 6.17. The van der Waals surface area contributed by atoms with Gasteiger partial charge in [-0.15, -0.1) is 11.8 Å². The van der Waals surface area contributed by atoms with Crippen LogP contribution in [0.2, 0.25) is 0 Å². The Morgan fingerprint density at radius 1 is 1.29 bits per heavy atom. The van der Waals surface area contributed by atoms with E-state index < -0.39 is 0 Å². The first-order chi connectivity index (χ1) is 10.3. The summed E-state index contributed by atoms with van der Waals surface area (Å²) in [5.41, 5.74) is 0. The van der Waals surface area contributed by atoms with Crippen molar-refractivity contribution in [3.8, 4) is 0 Å². The third-order valence-electron chi connectivity index (χ3n) is 4.45. The summed E-state index contributed by atoms with van der Waals surface area (Å²) in [5.74, 6) is 2.66. The van der Waals surface area contributed by atoms with Gasteiger partial charge in [-0.2, -0.15) is 0 Å². The highest BCUT2D eigenvalue weighted by atomic mass is 32.2. The maximum atomic E-state index is 12.2. The highest BCUT2D eigenvalue weighted by Crippen LogP contribution is 2.20. The van der Waals surface area contributed by atoms with Gasteiger partial charge in [0.05, 0.1) is 11.9 Å². The van der Waals surface area contributed by atoms with Gasteiger partial charge in [0, 0.05) is 25.4 Å². The van der Waals surface area contributed by atoms with Gasteiger partial charge in [-0.3, -0.25) is 4.79 Å². The zero-order chi connectivity index (χ0) is 14.9. The first-order valence-electron chi connectivity index (χ1n) is 8.47. The molecule has 1 N–H and O–H groups in total. The standard InChI is InChI=1S/C16H30N2O2S/c1-2-17-11-14-6-8-18(9-7-14)16(19)13-21-12-15-5-3-4-10-20-15/h14-15,17H,2-13H2,1H3. The summed E-state index contributed by atoms with van der Waals surface area (Å²) in [6.07, 6.45) is 6.31. The smallest absolute Gasteiger partial charge is 0.232 e. The number of nitrogens with one attached hydrogen (secondary N) is 1.